The number of carbonyl (C=O) groups excluding carboxylic acids is 2. The van der Waals surface area contributed by atoms with Gasteiger partial charge in [0, 0.05) is 12.0 Å². The molecule has 0 aromatic carbocycles. The third-order valence-electron chi connectivity index (χ3n) is 3.00. The molecule has 1 heterocycles. The second-order valence-electron chi connectivity index (χ2n) is 5.79. The zero-order valence-electron chi connectivity index (χ0n) is 12.2. The van der Waals surface area contributed by atoms with Gasteiger partial charge in [-0.05, 0) is 13.8 Å². The molecule has 1 atom stereocenters. The topological polar surface area (TPSA) is 73.9 Å². The van der Waals surface area contributed by atoms with E-state index < -0.39 is 17.3 Å². The zero-order valence-corrected chi connectivity index (χ0v) is 12.2. The molecule has 0 aromatic heterocycles. The van der Waals surface area contributed by atoms with Gasteiger partial charge >= 0.3 is 5.97 Å². The molecule has 1 aliphatic heterocycles. The van der Waals surface area contributed by atoms with Crippen molar-refractivity contribution in [3.8, 4) is 0 Å². The summed E-state index contributed by atoms with van der Waals surface area (Å²) in [4.78, 5) is 23.1. The number of rotatable bonds is 4. The van der Waals surface area contributed by atoms with Crippen LogP contribution in [0.1, 0.15) is 34.1 Å². The first kappa shape index (κ1) is 15.9. The lowest BCUT2D eigenvalue weighted by Crippen LogP contribution is -2.56. The minimum Gasteiger partial charge on any atom is -0.469 e. The molecule has 0 spiro atoms. The number of hydrogen-bond donors (Lipinski definition) is 1. The average Bonchev–Trinajstić information content (AvgIpc) is 2.32. The highest BCUT2D eigenvalue weighted by atomic mass is 16.7. The van der Waals surface area contributed by atoms with Gasteiger partial charge in [0.1, 0.15) is 6.10 Å². The molecule has 6 nitrogen and oxygen atoms in total. The van der Waals surface area contributed by atoms with Crippen LogP contribution in [0.5, 0.6) is 0 Å². The molecule has 110 valence electrons. The molecule has 1 unspecified atom stereocenters. The van der Waals surface area contributed by atoms with Crippen molar-refractivity contribution >= 4 is 11.9 Å². The lowest BCUT2D eigenvalue weighted by atomic mass is 9.85. The number of nitrogens with one attached hydrogen (secondary N) is 1. The Kier molecular flexibility index (Phi) is 4.92. The van der Waals surface area contributed by atoms with Gasteiger partial charge in [-0.2, -0.15) is 0 Å². The number of ether oxygens (including phenoxy) is 3. The molecule has 19 heavy (non-hydrogen) atoms. The molecule has 1 fully saturated rings. The van der Waals surface area contributed by atoms with Crippen molar-refractivity contribution in [2.24, 2.45) is 5.41 Å². The SMILES string of the molecule is COC(=O)CCNC(=O)C1OC(C)(C)OCC1(C)C. The molecule has 0 aliphatic carbocycles. The van der Waals surface area contributed by atoms with E-state index in [-0.39, 0.29) is 24.8 Å². The van der Waals surface area contributed by atoms with Crippen molar-refractivity contribution in [1.29, 1.82) is 0 Å². The van der Waals surface area contributed by atoms with Gasteiger partial charge in [-0.1, -0.05) is 13.8 Å². The maximum Gasteiger partial charge on any atom is 0.307 e. The minimum absolute atomic E-state index is 0.148. The van der Waals surface area contributed by atoms with E-state index in [0.717, 1.165) is 0 Å². The fourth-order valence-corrected chi connectivity index (χ4v) is 1.80. The summed E-state index contributed by atoms with van der Waals surface area (Å²) in [7, 11) is 1.32. The van der Waals surface area contributed by atoms with Crippen LogP contribution in [0.4, 0.5) is 0 Å². The van der Waals surface area contributed by atoms with Gasteiger partial charge in [0.25, 0.3) is 0 Å². The van der Waals surface area contributed by atoms with E-state index in [1.807, 2.05) is 13.8 Å². The summed E-state index contributed by atoms with van der Waals surface area (Å²) in [5.74, 6) is -1.36. The molecule has 1 saturated heterocycles. The first-order valence-corrected chi connectivity index (χ1v) is 6.34. The Hall–Kier alpha value is -1.14. The molecule has 0 bridgehead atoms. The van der Waals surface area contributed by atoms with Crippen LogP contribution in [0.15, 0.2) is 0 Å². The molecule has 1 amide bonds. The minimum atomic E-state index is -0.778. The summed E-state index contributed by atoms with van der Waals surface area (Å²) < 4.78 is 15.7. The third kappa shape index (κ3) is 4.47. The predicted octanol–water partition coefficient (Wildman–Crippen LogP) is 0.843. The Morgan fingerprint density at radius 2 is 1.95 bits per heavy atom. The van der Waals surface area contributed by atoms with Gasteiger partial charge in [0.15, 0.2) is 5.79 Å². The van der Waals surface area contributed by atoms with Crippen LogP contribution >= 0.6 is 0 Å². The van der Waals surface area contributed by atoms with Crippen LogP contribution in [0.3, 0.4) is 0 Å². The molecule has 1 N–H and O–H groups in total. The number of carbonyl (C=O) groups is 2. The Morgan fingerprint density at radius 1 is 1.32 bits per heavy atom. The van der Waals surface area contributed by atoms with E-state index in [1.54, 1.807) is 13.8 Å². The fraction of sp³-hybridized carbons (Fsp3) is 0.846. The number of amides is 1. The van der Waals surface area contributed by atoms with Gasteiger partial charge < -0.3 is 19.5 Å². The highest BCUT2D eigenvalue weighted by Crippen LogP contribution is 2.34. The van der Waals surface area contributed by atoms with Crippen molar-refractivity contribution in [1.82, 2.24) is 5.32 Å². The molecule has 0 saturated carbocycles. The second-order valence-corrected chi connectivity index (χ2v) is 5.79. The van der Waals surface area contributed by atoms with Gasteiger partial charge in [0.05, 0.1) is 20.1 Å². The number of hydrogen-bond acceptors (Lipinski definition) is 5. The molecule has 1 aliphatic rings. The molecule has 6 heteroatoms. The first-order valence-electron chi connectivity index (χ1n) is 6.34. The number of esters is 1. The van der Waals surface area contributed by atoms with E-state index in [4.69, 9.17) is 9.47 Å². The van der Waals surface area contributed by atoms with Crippen LogP contribution in [0, 0.1) is 5.41 Å². The van der Waals surface area contributed by atoms with Gasteiger partial charge in [-0.15, -0.1) is 0 Å². The summed E-state index contributed by atoms with van der Waals surface area (Å²) >= 11 is 0. The second kappa shape index (κ2) is 5.88. The van der Waals surface area contributed by atoms with E-state index in [1.165, 1.54) is 7.11 Å². The number of methoxy groups -OCH3 is 1. The Balaban J connectivity index is 2.55. The Morgan fingerprint density at radius 3 is 2.53 bits per heavy atom. The molecular weight excluding hydrogens is 250 g/mol. The molecule has 0 radical (unpaired) electrons. The predicted molar refractivity (Wildman–Crippen MR) is 68.3 cm³/mol. The Labute approximate surface area is 113 Å². The summed E-state index contributed by atoms with van der Waals surface area (Å²) in [6.07, 6.45) is -0.455. The lowest BCUT2D eigenvalue weighted by molar-refractivity contribution is -0.304. The Bertz CT molecular complexity index is 351. The first-order chi connectivity index (χ1) is 8.68. The zero-order chi connectivity index (χ0) is 14.7. The largest absolute Gasteiger partial charge is 0.469 e. The van der Waals surface area contributed by atoms with Crippen molar-refractivity contribution in [3.63, 3.8) is 0 Å². The summed E-state index contributed by atoms with van der Waals surface area (Å²) in [6, 6.07) is 0. The lowest BCUT2D eigenvalue weighted by Gasteiger charge is -2.44. The smallest absolute Gasteiger partial charge is 0.307 e. The van der Waals surface area contributed by atoms with Crippen molar-refractivity contribution in [3.05, 3.63) is 0 Å². The van der Waals surface area contributed by atoms with E-state index >= 15 is 0 Å². The molecular formula is C13H23NO5. The highest BCUT2D eigenvalue weighted by molar-refractivity contribution is 5.82. The van der Waals surface area contributed by atoms with E-state index in [9.17, 15) is 9.59 Å². The van der Waals surface area contributed by atoms with Gasteiger partial charge in [-0.25, -0.2) is 0 Å². The fourth-order valence-electron chi connectivity index (χ4n) is 1.80. The van der Waals surface area contributed by atoms with Crippen molar-refractivity contribution < 1.29 is 23.8 Å². The average molecular weight is 273 g/mol. The van der Waals surface area contributed by atoms with Gasteiger partial charge in [-0.3, -0.25) is 9.59 Å². The van der Waals surface area contributed by atoms with Crippen LogP contribution in [-0.4, -0.2) is 44.0 Å². The van der Waals surface area contributed by atoms with E-state index in [2.05, 4.69) is 10.1 Å². The van der Waals surface area contributed by atoms with E-state index in [0.29, 0.717) is 6.61 Å². The van der Waals surface area contributed by atoms with Crippen molar-refractivity contribution in [2.45, 2.75) is 46.0 Å². The van der Waals surface area contributed by atoms with Crippen LogP contribution in [-0.2, 0) is 23.8 Å². The summed E-state index contributed by atoms with van der Waals surface area (Å²) in [5, 5.41) is 2.69. The van der Waals surface area contributed by atoms with Gasteiger partial charge in [0.2, 0.25) is 5.91 Å². The monoisotopic (exact) mass is 273 g/mol. The maximum atomic E-state index is 12.1. The third-order valence-corrected chi connectivity index (χ3v) is 3.00. The van der Waals surface area contributed by atoms with Crippen LogP contribution in [0.25, 0.3) is 0 Å². The van der Waals surface area contributed by atoms with Crippen LogP contribution < -0.4 is 5.32 Å². The van der Waals surface area contributed by atoms with Crippen LogP contribution in [0.2, 0.25) is 0 Å². The highest BCUT2D eigenvalue weighted by Gasteiger charge is 2.45. The normalized spacial score (nSPS) is 24.6. The summed E-state index contributed by atoms with van der Waals surface area (Å²) in [6.45, 7) is 8.05. The standard InChI is InChI=1S/C13H23NO5/c1-12(2)8-18-13(3,4)19-10(12)11(16)14-7-6-9(15)17-5/h10H,6-8H2,1-5H3,(H,14,16). The maximum absolute atomic E-state index is 12.1. The summed E-state index contributed by atoms with van der Waals surface area (Å²) in [5.41, 5.74) is -0.412. The quantitative estimate of drug-likeness (QED) is 0.768. The molecule has 0 aromatic rings. The van der Waals surface area contributed by atoms with Crippen molar-refractivity contribution in [2.75, 3.05) is 20.3 Å². The molecule has 1 rings (SSSR count).